The van der Waals surface area contributed by atoms with Crippen molar-refractivity contribution in [3.8, 4) is 5.75 Å². The molecule has 1 aliphatic carbocycles. The number of ether oxygens (including phenoxy) is 1. The molecule has 0 bridgehead atoms. The van der Waals surface area contributed by atoms with E-state index in [1.807, 2.05) is 6.92 Å². The van der Waals surface area contributed by atoms with E-state index in [-0.39, 0.29) is 16.9 Å². The molecule has 0 aliphatic heterocycles. The molecule has 1 aromatic rings. The van der Waals surface area contributed by atoms with Crippen molar-refractivity contribution in [2.75, 3.05) is 13.2 Å². The van der Waals surface area contributed by atoms with E-state index in [4.69, 9.17) is 10.5 Å². The fourth-order valence-electron chi connectivity index (χ4n) is 2.79. The summed E-state index contributed by atoms with van der Waals surface area (Å²) < 4.78 is 33.0. The van der Waals surface area contributed by atoms with Crippen LogP contribution in [-0.2, 0) is 10.0 Å². The van der Waals surface area contributed by atoms with Crippen LogP contribution in [0.25, 0.3) is 0 Å². The fourth-order valence-corrected chi connectivity index (χ4v) is 4.13. The zero-order chi connectivity index (χ0) is 15.3. The van der Waals surface area contributed by atoms with Crippen LogP contribution in [0.4, 0.5) is 0 Å². The lowest BCUT2D eigenvalue weighted by molar-refractivity contribution is 0.296. The van der Waals surface area contributed by atoms with E-state index in [0.717, 1.165) is 25.7 Å². The average Bonchev–Trinajstić information content (AvgIpc) is 2.48. The maximum absolute atomic E-state index is 12.4. The Hall–Kier alpha value is -1.11. The molecule has 2 atom stereocenters. The Morgan fingerprint density at radius 3 is 2.52 bits per heavy atom. The molecule has 0 heterocycles. The summed E-state index contributed by atoms with van der Waals surface area (Å²) in [7, 11) is -3.50. The molecular formula is C15H24N2O3S. The van der Waals surface area contributed by atoms with Gasteiger partial charge in [-0.3, -0.25) is 0 Å². The summed E-state index contributed by atoms with van der Waals surface area (Å²) in [6, 6.07) is 6.46. The summed E-state index contributed by atoms with van der Waals surface area (Å²) in [5.74, 6) is 0.908. The van der Waals surface area contributed by atoms with Crippen molar-refractivity contribution in [3.05, 3.63) is 24.3 Å². The van der Waals surface area contributed by atoms with E-state index >= 15 is 0 Å². The lowest BCUT2D eigenvalue weighted by Gasteiger charge is -2.31. The van der Waals surface area contributed by atoms with E-state index in [9.17, 15) is 8.42 Å². The second-order valence-electron chi connectivity index (χ2n) is 5.41. The molecule has 1 fully saturated rings. The molecule has 21 heavy (non-hydrogen) atoms. The molecule has 1 saturated carbocycles. The maximum atomic E-state index is 12.4. The third kappa shape index (κ3) is 4.18. The van der Waals surface area contributed by atoms with E-state index in [0.29, 0.717) is 18.9 Å². The predicted molar refractivity (Wildman–Crippen MR) is 82.7 cm³/mol. The highest BCUT2D eigenvalue weighted by molar-refractivity contribution is 7.89. The minimum absolute atomic E-state index is 0.0553. The minimum Gasteiger partial charge on any atom is -0.494 e. The van der Waals surface area contributed by atoms with Crippen molar-refractivity contribution in [2.24, 2.45) is 11.7 Å². The molecular weight excluding hydrogens is 288 g/mol. The van der Waals surface area contributed by atoms with Gasteiger partial charge >= 0.3 is 0 Å². The molecule has 0 radical (unpaired) electrons. The van der Waals surface area contributed by atoms with E-state index < -0.39 is 10.0 Å². The smallest absolute Gasteiger partial charge is 0.240 e. The average molecular weight is 312 g/mol. The molecule has 3 N–H and O–H groups in total. The van der Waals surface area contributed by atoms with Crippen molar-refractivity contribution < 1.29 is 13.2 Å². The Kier molecular flexibility index (Phi) is 5.61. The Balaban J connectivity index is 2.10. The molecule has 0 spiro atoms. The van der Waals surface area contributed by atoms with Gasteiger partial charge in [0.2, 0.25) is 10.0 Å². The van der Waals surface area contributed by atoms with E-state index in [1.165, 1.54) is 0 Å². The second kappa shape index (κ2) is 7.24. The van der Waals surface area contributed by atoms with Gasteiger partial charge in [0.05, 0.1) is 11.5 Å². The molecule has 6 heteroatoms. The first-order valence-electron chi connectivity index (χ1n) is 7.52. The zero-order valence-corrected chi connectivity index (χ0v) is 13.2. The highest BCUT2D eigenvalue weighted by Gasteiger charge is 2.28. The Bertz CT molecular complexity index is 543. The van der Waals surface area contributed by atoms with Crippen molar-refractivity contribution in [2.45, 2.75) is 43.5 Å². The minimum atomic E-state index is -3.50. The summed E-state index contributed by atoms with van der Waals surface area (Å²) in [6.45, 7) is 2.98. The van der Waals surface area contributed by atoms with Crippen molar-refractivity contribution in [3.63, 3.8) is 0 Å². The standard InChI is InChI=1S/C15H24N2O3S/c1-2-20-13-7-9-14(10-8-13)21(18,19)17-15-6-4-3-5-12(15)11-16/h7-10,12,15,17H,2-6,11,16H2,1H3. The van der Waals surface area contributed by atoms with Gasteiger partial charge in [0.15, 0.2) is 0 Å². The molecule has 1 aliphatic rings. The lowest BCUT2D eigenvalue weighted by Crippen LogP contribution is -2.44. The normalized spacial score (nSPS) is 23.0. The van der Waals surface area contributed by atoms with E-state index in [1.54, 1.807) is 24.3 Å². The number of benzene rings is 1. The number of hydrogen-bond acceptors (Lipinski definition) is 4. The molecule has 2 rings (SSSR count). The van der Waals surface area contributed by atoms with Gasteiger partial charge in [0.1, 0.15) is 5.75 Å². The number of nitrogens with two attached hydrogens (primary N) is 1. The van der Waals surface area contributed by atoms with Crippen LogP contribution in [0.5, 0.6) is 5.75 Å². The summed E-state index contributed by atoms with van der Waals surface area (Å²) in [6.07, 6.45) is 4.03. The lowest BCUT2D eigenvalue weighted by atomic mass is 9.85. The summed E-state index contributed by atoms with van der Waals surface area (Å²) in [5.41, 5.74) is 5.75. The predicted octanol–water partition coefficient (Wildman–Crippen LogP) is 1.88. The first-order valence-corrected chi connectivity index (χ1v) is 9.00. The molecule has 1 aromatic carbocycles. The van der Waals surface area contributed by atoms with Crippen LogP contribution < -0.4 is 15.2 Å². The Morgan fingerprint density at radius 2 is 1.90 bits per heavy atom. The van der Waals surface area contributed by atoms with Crippen LogP contribution in [0.15, 0.2) is 29.2 Å². The SMILES string of the molecule is CCOc1ccc(S(=O)(=O)NC2CCCCC2CN)cc1. The van der Waals surface area contributed by atoms with Gasteiger partial charge in [0.25, 0.3) is 0 Å². The highest BCUT2D eigenvalue weighted by atomic mass is 32.2. The number of rotatable bonds is 6. The molecule has 5 nitrogen and oxygen atoms in total. The first kappa shape index (κ1) is 16.3. The van der Waals surface area contributed by atoms with Crippen molar-refractivity contribution in [1.82, 2.24) is 4.72 Å². The highest BCUT2D eigenvalue weighted by Crippen LogP contribution is 2.25. The summed E-state index contributed by atoms with van der Waals surface area (Å²) >= 11 is 0. The Morgan fingerprint density at radius 1 is 1.24 bits per heavy atom. The summed E-state index contributed by atoms with van der Waals surface area (Å²) in [5, 5.41) is 0. The van der Waals surface area contributed by atoms with Crippen LogP contribution in [0.3, 0.4) is 0 Å². The van der Waals surface area contributed by atoms with Gasteiger partial charge in [-0.1, -0.05) is 12.8 Å². The van der Waals surface area contributed by atoms with Crippen LogP contribution in [0.1, 0.15) is 32.6 Å². The molecule has 0 amide bonds. The van der Waals surface area contributed by atoms with Crippen molar-refractivity contribution in [1.29, 1.82) is 0 Å². The first-order chi connectivity index (χ1) is 10.1. The second-order valence-corrected chi connectivity index (χ2v) is 7.13. The topological polar surface area (TPSA) is 81.4 Å². The van der Waals surface area contributed by atoms with Gasteiger partial charge in [-0.25, -0.2) is 13.1 Å². The maximum Gasteiger partial charge on any atom is 0.240 e. The third-order valence-electron chi connectivity index (χ3n) is 3.96. The van der Waals surface area contributed by atoms with Crippen LogP contribution >= 0.6 is 0 Å². The van der Waals surface area contributed by atoms with Crippen LogP contribution in [-0.4, -0.2) is 27.6 Å². The monoisotopic (exact) mass is 312 g/mol. The van der Waals surface area contributed by atoms with Crippen LogP contribution in [0.2, 0.25) is 0 Å². The third-order valence-corrected chi connectivity index (χ3v) is 5.47. The molecule has 0 saturated heterocycles. The number of hydrogen-bond donors (Lipinski definition) is 2. The number of sulfonamides is 1. The molecule has 2 unspecified atom stereocenters. The quantitative estimate of drug-likeness (QED) is 0.840. The van der Waals surface area contributed by atoms with Gasteiger partial charge < -0.3 is 10.5 Å². The summed E-state index contributed by atoms with van der Waals surface area (Å²) in [4.78, 5) is 0.271. The van der Waals surface area contributed by atoms with Gasteiger partial charge in [-0.05, 0) is 56.5 Å². The van der Waals surface area contributed by atoms with Gasteiger partial charge in [-0.2, -0.15) is 0 Å². The largest absolute Gasteiger partial charge is 0.494 e. The molecule has 0 aromatic heterocycles. The van der Waals surface area contributed by atoms with E-state index in [2.05, 4.69) is 4.72 Å². The van der Waals surface area contributed by atoms with Gasteiger partial charge in [-0.15, -0.1) is 0 Å². The fraction of sp³-hybridized carbons (Fsp3) is 0.600. The van der Waals surface area contributed by atoms with Crippen molar-refractivity contribution >= 4 is 10.0 Å². The van der Waals surface area contributed by atoms with Gasteiger partial charge in [0, 0.05) is 6.04 Å². The zero-order valence-electron chi connectivity index (χ0n) is 12.4. The molecule has 118 valence electrons. The number of nitrogens with one attached hydrogen (secondary N) is 1. The Labute approximate surface area is 126 Å². The van der Waals surface area contributed by atoms with Crippen LogP contribution in [0, 0.1) is 5.92 Å².